The van der Waals surface area contributed by atoms with Gasteiger partial charge in [0.2, 0.25) is 5.91 Å². The second kappa shape index (κ2) is 44.8. The normalized spacial score (nSPS) is 14.0. The Balaban J connectivity index is 3.97. The molecule has 0 aliphatic heterocycles. The molecule has 0 aromatic heterocycles. The lowest BCUT2D eigenvalue weighted by Gasteiger charge is -2.21. The van der Waals surface area contributed by atoms with E-state index in [-0.39, 0.29) is 12.3 Å². The first-order valence-corrected chi connectivity index (χ1v) is 25.5. The van der Waals surface area contributed by atoms with Crippen molar-refractivity contribution in [1.29, 1.82) is 0 Å². The molecular weight excluding hydrogens is 751 g/mol. The molecule has 1 amide bonds. The van der Waals surface area contributed by atoms with Gasteiger partial charge >= 0.3 is 0 Å². The van der Waals surface area contributed by atoms with E-state index in [0.717, 1.165) is 77.0 Å². The summed E-state index contributed by atoms with van der Waals surface area (Å²) in [7, 11) is -4.37. The quantitative estimate of drug-likeness (QED) is 0.0323. The van der Waals surface area contributed by atoms with Gasteiger partial charge in [-0.25, -0.2) is 0 Å². The van der Waals surface area contributed by atoms with E-state index in [1.54, 1.807) is 6.08 Å². The Kier molecular flexibility index (Phi) is 42.7. The zero-order valence-corrected chi connectivity index (χ0v) is 38.7. The number of rotatable bonds is 42. The van der Waals surface area contributed by atoms with Gasteiger partial charge in [0.25, 0.3) is 10.1 Å². The van der Waals surface area contributed by atoms with Crippen LogP contribution in [0.2, 0.25) is 0 Å². The standard InChI is InChI=1S/C52H89NO5S/c1-3-5-7-9-11-13-15-17-19-21-23-25-26-28-30-32-34-36-38-40-42-44-46-48-52(55)53-50(49-59(56,57)58)51(54)47-45-43-41-39-37-35-33-31-29-27-24-22-20-18-16-14-12-10-8-6-4-2/h5,7,11,13,17,19,23,25,28-31,37,39,45,47,50-51,54H,3-4,6,8-10,12,14-16,18,20-22,24,26-27,32-36,38,40-44,46,48-49H2,1-2H3,(H,53,55)(H,56,57,58)/b7-5-,13-11-,19-17-,25-23-,30-28-,31-29+,39-37+,47-45+. The number of carbonyl (C=O) groups is 1. The van der Waals surface area contributed by atoms with Gasteiger partial charge in [-0.15, -0.1) is 0 Å². The van der Waals surface area contributed by atoms with Crippen molar-refractivity contribution < 1.29 is 22.9 Å². The minimum atomic E-state index is -4.37. The lowest BCUT2D eigenvalue weighted by Crippen LogP contribution is -2.46. The lowest BCUT2D eigenvalue weighted by molar-refractivity contribution is -0.122. The van der Waals surface area contributed by atoms with Crippen LogP contribution in [-0.2, 0) is 14.9 Å². The number of amides is 1. The van der Waals surface area contributed by atoms with E-state index in [9.17, 15) is 22.9 Å². The molecule has 0 aliphatic rings. The highest BCUT2D eigenvalue weighted by molar-refractivity contribution is 7.85. The number of unbranched alkanes of at least 4 members (excludes halogenated alkanes) is 20. The predicted molar refractivity (Wildman–Crippen MR) is 257 cm³/mol. The molecule has 338 valence electrons. The van der Waals surface area contributed by atoms with Crippen molar-refractivity contribution in [2.45, 2.75) is 219 Å². The molecule has 0 spiro atoms. The molecule has 59 heavy (non-hydrogen) atoms. The van der Waals surface area contributed by atoms with Crippen LogP contribution in [0.3, 0.4) is 0 Å². The highest BCUT2D eigenvalue weighted by Crippen LogP contribution is 2.13. The molecule has 0 aromatic carbocycles. The molecule has 0 bridgehead atoms. The molecule has 6 nitrogen and oxygen atoms in total. The van der Waals surface area contributed by atoms with Crippen LogP contribution in [0, 0.1) is 0 Å². The molecule has 0 fully saturated rings. The molecule has 0 aromatic rings. The van der Waals surface area contributed by atoms with Gasteiger partial charge in [0.05, 0.1) is 17.9 Å². The van der Waals surface area contributed by atoms with Crippen molar-refractivity contribution in [2.24, 2.45) is 0 Å². The van der Waals surface area contributed by atoms with E-state index in [4.69, 9.17) is 0 Å². The molecule has 0 rings (SSSR count). The summed E-state index contributed by atoms with van der Waals surface area (Å²) in [6, 6.07) is -1.09. The predicted octanol–water partition coefficient (Wildman–Crippen LogP) is 14.9. The summed E-state index contributed by atoms with van der Waals surface area (Å²) in [5, 5.41) is 13.3. The monoisotopic (exact) mass is 840 g/mol. The van der Waals surface area contributed by atoms with E-state index in [0.29, 0.717) is 12.8 Å². The van der Waals surface area contributed by atoms with E-state index < -0.39 is 28.0 Å². The van der Waals surface area contributed by atoms with Gasteiger partial charge < -0.3 is 10.4 Å². The smallest absolute Gasteiger partial charge is 0.267 e. The van der Waals surface area contributed by atoms with E-state index in [2.05, 4.69) is 104 Å². The number of allylic oxidation sites excluding steroid dienone is 15. The fourth-order valence-corrected chi connectivity index (χ4v) is 7.42. The number of aliphatic hydroxyl groups is 1. The zero-order chi connectivity index (χ0) is 43.2. The third-order valence-electron chi connectivity index (χ3n) is 10.2. The molecule has 2 atom stereocenters. The van der Waals surface area contributed by atoms with Crippen LogP contribution in [0.4, 0.5) is 0 Å². The fourth-order valence-electron chi connectivity index (χ4n) is 6.68. The Bertz CT molecular complexity index is 1290. The van der Waals surface area contributed by atoms with Gasteiger partial charge in [0.1, 0.15) is 0 Å². The van der Waals surface area contributed by atoms with Gasteiger partial charge in [-0.3, -0.25) is 9.35 Å². The summed E-state index contributed by atoms with van der Waals surface area (Å²) in [6.07, 6.45) is 66.9. The second-order valence-electron chi connectivity index (χ2n) is 16.0. The van der Waals surface area contributed by atoms with Gasteiger partial charge in [-0.2, -0.15) is 8.42 Å². The van der Waals surface area contributed by atoms with Crippen LogP contribution in [0.25, 0.3) is 0 Å². The first-order valence-electron chi connectivity index (χ1n) is 23.9. The number of hydrogen-bond acceptors (Lipinski definition) is 4. The Morgan fingerprint density at radius 3 is 1.27 bits per heavy atom. The Morgan fingerprint density at radius 1 is 0.475 bits per heavy atom. The van der Waals surface area contributed by atoms with Crippen molar-refractivity contribution in [2.75, 3.05) is 5.75 Å². The Labute approximate surface area is 364 Å². The number of aliphatic hydroxyl groups excluding tert-OH is 1. The van der Waals surface area contributed by atoms with Crippen LogP contribution in [-0.4, -0.2) is 41.9 Å². The molecule has 7 heteroatoms. The third kappa shape index (κ3) is 46.2. The Morgan fingerprint density at radius 2 is 0.831 bits per heavy atom. The van der Waals surface area contributed by atoms with Gasteiger partial charge in [-0.1, -0.05) is 207 Å². The van der Waals surface area contributed by atoms with Crippen LogP contribution in [0.5, 0.6) is 0 Å². The van der Waals surface area contributed by atoms with Crippen molar-refractivity contribution in [3.8, 4) is 0 Å². The van der Waals surface area contributed by atoms with Crippen LogP contribution < -0.4 is 5.32 Å². The summed E-state index contributed by atoms with van der Waals surface area (Å²) < 4.78 is 32.6. The van der Waals surface area contributed by atoms with Crippen LogP contribution >= 0.6 is 0 Å². The average Bonchev–Trinajstić information content (AvgIpc) is 3.20. The summed E-state index contributed by atoms with van der Waals surface area (Å²) in [4.78, 5) is 12.6. The minimum Gasteiger partial charge on any atom is -0.387 e. The minimum absolute atomic E-state index is 0.266. The molecule has 0 aliphatic carbocycles. The van der Waals surface area contributed by atoms with Crippen molar-refractivity contribution in [3.05, 3.63) is 97.2 Å². The second-order valence-corrected chi connectivity index (χ2v) is 17.5. The van der Waals surface area contributed by atoms with Gasteiger partial charge in [0, 0.05) is 6.42 Å². The van der Waals surface area contributed by atoms with E-state index in [1.165, 1.54) is 102 Å². The van der Waals surface area contributed by atoms with Gasteiger partial charge in [0.15, 0.2) is 0 Å². The van der Waals surface area contributed by atoms with Crippen molar-refractivity contribution >= 4 is 16.0 Å². The molecule has 0 radical (unpaired) electrons. The topological polar surface area (TPSA) is 104 Å². The van der Waals surface area contributed by atoms with Crippen molar-refractivity contribution in [1.82, 2.24) is 5.32 Å². The summed E-state index contributed by atoms with van der Waals surface area (Å²) in [5.74, 6) is -1.03. The Hall–Kier alpha value is -2.74. The number of nitrogens with one attached hydrogen (secondary N) is 1. The average molecular weight is 840 g/mol. The maximum absolute atomic E-state index is 12.6. The SMILES string of the molecule is CC/C=C\C/C=C\C/C=C\C/C=C\C/C=C\CCCCCCCCCC(=O)NC(CS(=O)(=O)O)C(O)/C=C/CC/C=C/CC/C=C/CCCCCCCCCCCCC. The fraction of sp³-hybridized carbons (Fsp3) is 0.673. The van der Waals surface area contributed by atoms with Crippen LogP contribution in [0.15, 0.2) is 97.2 Å². The summed E-state index contributed by atoms with van der Waals surface area (Å²) in [5.41, 5.74) is 0. The molecule has 0 heterocycles. The third-order valence-corrected chi connectivity index (χ3v) is 11.0. The summed E-state index contributed by atoms with van der Waals surface area (Å²) in [6.45, 7) is 4.42. The molecular formula is C52H89NO5S. The first-order chi connectivity index (χ1) is 28.8. The molecule has 3 N–H and O–H groups in total. The first kappa shape index (κ1) is 56.3. The number of hydrogen-bond donors (Lipinski definition) is 3. The molecule has 2 unspecified atom stereocenters. The van der Waals surface area contributed by atoms with E-state index in [1.807, 2.05) is 0 Å². The van der Waals surface area contributed by atoms with E-state index >= 15 is 0 Å². The summed E-state index contributed by atoms with van der Waals surface area (Å²) >= 11 is 0. The maximum Gasteiger partial charge on any atom is 0.267 e. The lowest BCUT2D eigenvalue weighted by atomic mass is 10.1. The van der Waals surface area contributed by atoms with Gasteiger partial charge in [-0.05, 0) is 89.9 Å². The molecule has 0 saturated heterocycles. The highest BCUT2D eigenvalue weighted by Gasteiger charge is 2.24. The zero-order valence-electron chi connectivity index (χ0n) is 37.8. The highest BCUT2D eigenvalue weighted by atomic mass is 32.2. The molecule has 0 saturated carbocycles. The van der Waals surface area contributed by atoms with Crippen molar-refractivity contribution in [3.63, 3.8) is 0 Å². The maximum atomic E-state index is 12.6. The van der Waals surface area contributed by atoms with Crippen LogP contribution in [0.1, 0.15) is 206 Å². The number of carbonyl (C=O) groups excluding carboxylic acids is 1. The largest absolute Gasteiger partial charge is 0.387 e.